The molecule has 0 unspecified atom stereocenters. The summed E-state index contributed by atoms with van der Waals surface area (Å²) in [7, 11) is 0. The third-order valence-corrected chi connectivity index (χ3v) is 3.81. The minimum Gasteiger partial charge on any atom is -0.505 e. The number of rotatable bonds is 1. The van der Waals surface area contributed by atoms with Crippen LogP contribution < -0.4 is 0 Å². The summed E-state index contributed by atoms with van der Waals surface area (Å²) in [5.41, 5.74) is 1.74. The summed E-state index contributed by atoms with van der Waals surface area (Å²) in [5, 5.41) is 10.8. The van der Waals surface area contributed by atoms with E-state index in [1.54, 1.807) is 36.5 Å². The van der Waals surface area contributed by atoms with Crippen LogP contribution in [-0.2, 0) is 0 Å². The number of aromatic hydroxyl groups is 1. The van der Waals surface area contributed by atoms with Crippen LogP contribution in [0.4, 0.5) is 4.39 Å². The lowest BCUT2D eigenvalue weighted by Crippen LogP contribution is -1.90. The molecule has 2 aromatic carbocycles. The van der Waals surface area contributed by atoms with Crippen molar-refractivity contribution in [1.29, 1.82) is 0 Å². The number of nitrogens with zero attached hydrogens (tertiary/aromatic N) is 1. The lowest BCUT2D eigenvalue weighted by molar-refractivity contribution is 0.476. The Balaban J connectivity index is 2.43. The second-order valence-electron chi connectivity index (χ2n) is 4.13. The first-order chi connectivity index (χ1) is 9.18. The number of phenols is 1. The van der Waals surface area contributed by atoms with E-state index in [4.69, 9.17) is 0 Å². The van der Waals surface area contributed by atoms with Gasteiger partial charge in [0.05, 0.1) is 3.57 Å². The van der Waals surface area contributed by atoms with Crippen LogP contribution in [0.25, 0.3) is 22.0 Å². The maximum atomic E-state index is 14.0. The van der Waals surface area contributed by atoms with Crippen molar-refractivity contribution in [2.24, 2.45) is 0 Å². The van der Waals surface area contributed by atoms with Crippen LogP contribution in [-0.4, -0.2) is 10.1 Å². The van der Waals surface area contributed by atoms with Gasteiger partial charge in [0.25, 0.3) is 0 Å². The van der Waals surface area contributed by atoms with E-state index in [0.717, 1.165) is 10.9 Å². The van der Waals surface area contributed by atoms with Gasteiger partial charge in [-0.2, -0.15) is 0 Å². The SMILES string of the molecule is Oc1c(I)cc(-c2ccccc2F)c2cccnc12. The fraction of sp³-hybridized carbons (Fsp3) is 0. The normalized spacial score (nSPS) is 10.8. The molecule has 94 valence electrons. The summed E-state index contributed by atoms with van der Waals surface area (Å²) in [6, 6.07) is 12.0. The molecule has 0 aliphatic rings. The molecule has 0 saturated carbocycles. The number of hydrogen-bond donors (Lipinski definition) is 1. The largest absolute Gasteiger partial charge is 0.505 e. The van der Waals surface area contributed by atoms with Crippen LogP contribution in [0.2, 0.25) is 0 Å². The second kappa shape index (κ2) is 4.77. The summed E-state index contributed by atoms with van der Waals surface area (Å²) in [6.07, 6.45) is 1.61. The fourth-order valence-electron chi connectivity index (χ4n) is 2.10. The second-order valence-corrected chi connectivity index (χ2v) is 5.30. The van der Waals surface area contributed by atoms with Gasteiger partial charge in [0.2, 0.25) is 0 Å². The van der Waals surface area contributed by atoms with Crippen molar-refractivity contribution in [3.8, 4) is 16.9 Å². The fourth-order valence-corrected chi connectivity index (χ4v) is 2.67. The van der Waals surface area contributed by atoms with Gasteiger partial charge in [0, 0.05) is 17.1 Å². The van der Waals surface area contributed by atoms with Crippen molar-refractivity contribution in [2.45, 2.75) is 0 Å². The van der Waals surface area contributed by atoms with Gasteiger partial charge in [-0.3, -0.25) is 4.98 Å². The molecule has 0 radical (unpaired) electrons. The Morgan fingerprint density at radius 1 is 1.05 bits per heavy atom. The molecule has 3 rings (SSSR count). The first-order valence-corrected chi connectivity index (χ1v) is 6.77. The average molecular weight is 365 g/mol. The quantitative estimate of drug-likeness (QED) is 0.651. The number of halogens is 2. The number of fused-ring (bicyclic) bond motifs is 1. The van der Waals surface area contributed by atoms with Gasteiger partial charge in [-0.15, -0.1) is 0 Å². The molecular weight excluding hydrogens is 356 g/mol. The van der Waals surface area contributed by atoms with Crippen LogP contribution in [0, 0.1) is 9.39 Å². The van der Waals surface area contributed by atoms with Crippen LogP contribution in [0.3, 0.4) is 0 Å². The zero-order valence-electron chi connectivity index (χ0n) is 9.77. The van der Waals surface area contributed by atoms with Crippen molar-refractivity contribution < 1.29 is 9.50 Å². The summed E-state index contributed by atoms with van der Waals surface area (Å²) in [4.78, 5) is 4.18. The Kier molecular flexibility index (Phi) is 3.10. The van der Waals surface area contributed by atoms with E-state index in [1.165, 1.54) is 6.07 Å². The van der Waals surface area contributed by atoms with Gasteiger partial charge in [-0.1, -0.05) is 24.3 Å². The predicted octanol–water partition coefficient (Wildman–Crippen LogP) is 4.35. The molecule has 3 aromatic rings. The lowest BCUT2D eigenvalue weighted by Gasteiger charge is -2.10. The van der Waals surface area contributed by atoms with Crippen molar-refractivity contribution in [2.75, 3.05) is 0 Å². The number of phenolic OH excluding ortho intramolecular Hbond substituents is 1. The molecule has 0 bridgehead atoms. The standard InChI is InChI=1S/C15H9FINO/c16-12-6-2-1-4-9(12)11-8-13(17)15(19)14-10(11)5-3-7-18-14/h1-8,19H. The van der Waals surface area contributed by atoms with Gasteiger partial charge in [-0.05, 0) is 46.4 Å². The Morgan fingerprint density at radius 3 is 2.63 bits per heavy atom. The van der Waals surface area contributed by atoms with Gasteiger partial charge in [0.1, 0.15) is 11.3 Å². The van der Waals surface area contributed by atoms with Gasteiger partial charge < -0.3 is 5.11 Å². The molecule has 19 heavy (non-hydrogen) atoms. The first kappa shape index (κ1) is 12.3. The van der Waals surface area contributed by atoms with Crippen LogP contribution in [0.15, 0.2) is 48.7 Å². The molecule has 1 N–H and O–H groups in total. The molecule has 0 amide bonds. The Labute approximate surface area is 123 Å². The highest BCUT2D eigenvalue weighted by molar-refractivity contribution is 14.1. The monoisotopic (exact) mass is 365 g/mol. The predicted molar refractivity (Wildman–Crippen MR) is 81.5 cm³/mol. The van der Waals surface area contributed by atoms with E-state index in [1.807, 2.05) is 28.7 Å². The number of pyridine rings is 1. The van der Waals surface area contributed by atoms with Gasteiger partial charge in [-0.25, -0.2) is 4.39 Å². The third-order valence-electron chi connectivity index (χ3n) is 2.98. The van der Waals surface area contributed by atoms with Crippen LogP contribution >= 0.6 is 22.6 Å². The van der Waals surface area contributed by atoms with Crippen LogP contribution in [0.5, 0.6) is 5.75 Å². The molecule has 0 atom stereocenters. The number of hydrogen-bond acceptors (Lipinski definition) is 2. The zero-order chi connectivity index (χ0) is 13.4. The van der Waals surface area contributed by atoms with E-state index in [2.05, 4.69) is 4.98 Å². The molecule has 0 fully saturated rings. The highest BCUT2D eigenvalue weighted by atomic mass is 127. The van der Waals surface area contributed by atoms with Gasteiger partial charge >= 0.3 is 0 Å². The highest BCUT2D eigenvalue weighted by Gasteiger charge is 2.14. The minimum absolute atomic E-state index is 0.135. The molecular formula is C15H9FINO. The Bertz CT molecular complexity index is 773. The van der Waals surface area contributed by atoms with Crippen molar-refractivity contribution in [3.63, 3.8) is 0 Å². The maximum Gasteiger partial charge on any atom is 0.155 e. The maximum absolute atomic E-state index is 14.0. The highest BCUT2D eigenvalue weighted by Crippen LogP contribution is 2.37. The third kappa shape index (κ3) is 2.06. The lowest BCUT2D eigenvalue weighted by atomic mass is 10.00. The van der Waals surface area contributed by atoms with E-state index < -0.39 is 0 Å². The summed E-state index contributed by atoms with van der Waals surface area (Å²) < 4.78 is 14.6. The summed E-state index contributed by atoms with van der Waals surface area (Å²) in [6.45, 7) is 0. The molecule has 2 nitrogen and oxygen atoms in total. The van der Waals surface area contributed by atoms with Gasteiger partial charge in [0.15, 0.2) is 5.75 Å². The van der Waals surface area contributed by atoms with Crippen molar-refractivity contribution in [3.05, 3.63) is 58.0 Å². The molecule has 0 aliphatic heterocycles. The number of benzene rings is 2. The molecule has 1 aromatic heterocycles. The smallest absolute Gasteiger partial charge is 0.155 e. The molecule has 4 heteroatoms. The van der Waals surface area contributed by atoms with E-state index in [9.17, 15) is 9.50 Å². The Hall–Kier alpha value is -1.69. The van der Waals surface area contributed by atoms with Crippen LogP contribution in [0.1, 0.15) is 0 Å². The molecule has 0 aliphatic carbocycles. The summed E-state index contributed by atoms with van der Waals surface area (Å²) in [5.74, 6) is -0.148. The van der Waals surface area contributed by atoms with E-state index in [-0.39, 0.29) is 11.6 Å². The topological polar surface area (TPSA) is 33.1 Å². The first-order valence-electron chi connectivity index (χ1n) is 5.69. The minimum atomic E-state index is -0.283. The summed E-state index contributed by atoms with van der Waals surface area (Å²) >= 11 is 2.02. The van der Waals surface area contributed by atoms with Crippen molar-refractivity contribution >= 4 is 33.5 Å². The molecule has 1 heterocycles. The molecule has 0 saturated heterocycles. The molecule has 0 spiro atoms. The zero-order valence-corrected chi connectivity index (χ0v) is 11.9. The average Bonchev–Trinajstić information content (AvgIpc) is 2.44. The number of aromatic nitrogens is 1. The van der Waals surface area contributed by atoms with E-state index in [0.29, 0.717) is 14.7 Å². The van der Waals surface area contributed by atoms with E-state index >= 15 is 0 Å². The van der Waals surface area contributed by atoms with Crippen molar-refractivity contribution in [1.82, 2.24) is 4.98 Å². The Morgan fingerprint density at radius 2 is 1.84 bits per heavy atom.